The number of hydrogen-bond donors (Lipinski definition) is 4. The summed E-state index contributed by atoms with van der Waals surface area (Å²) in [7, 11) is 0. The Kier molecular flexibility index (Phi) is 3.55. The molecular weight excluding hydrogens is 250 g/mol. The van der Waals surface area contributed by atoms with Crippen LogP contribution in [0.25, 0.3) is 0 Å². The highest BCUT2D eigenvalue weighted by atomic mass is 16.4. The molecule has 0 aliphatic carbocycles. The largest absolute Gasteiger partial charge is 0.478 e. The van der Waals surface area contributed by atoms with Crippen LogP contribution in [0.3, 0.4) is 0 Å². The van der Waals surface area contributed by atoms with E-state index in [0.717, 1.165) is 0 Å². The molecule has 1 fully saturated rings. The van der Waals surface area contributed by atoms with Gasteiger partial charge >= 0.3 is 11.9 Å². The van der Waals surface area contributed by atoms with Crippen LogP contribution in [0.15, 0.2) is 18.2 Å². The Hall–Kier alpha value is -1.92. The Bertz CT molecular complexity index is 520. The van der Waals surface area contributed by atoms with Crippen LogP contribution in [-0.2, 0) is 5.60 Å². The van der Waals surface area contributed by atoms with Gasteiger partial charge in [0, 0.05) is 0 Å². The van der Waals surface area contributed by atoms with Crippen molar-refractivity contribution in [1.29, 1.82) is 0 Å². The number of benzene rings is 1. The van der Waals surface area contributed by atoms with Crippen LogP contribution in [0.4, 0.5) is 0 Å². The summed E-state index contributed by atoms with van der Waals surface area (Å²) in [5, 5.41) is 31.6. The third kappa shape index (κ3) is 2.59. The molecule has 1 heterocycles. The summed E-state index contributed by atoms with van der Waals surface area (Å²) in [5.74, 6) is -2.60. The van der Waals surface area contributed by atoms with Crippen molar-refractivity contribution in [2.45, 2.75) is 18.4 Å². The van der Waals surface area contributed by atoms with E-state index in [1.165, 1.54) is 18.2 Å². The second kappa shape index (κ2) is 4.99. The zero-order valence-electron chi connectivity index (χ0n) is 10.2. The lowest BCUT2D eigenvalue weighted by Gasteiger charge is -2.33. The van der Waals surface area contributed by atoms with Crippen LogP contribution in [0.1, 0.15) is 39.1 Å². The summed E-state index contributed by atoms with van der Waals surface area (Å²) in [4.78, 5) is 22.1. The fourth-order valence-electron chi connectivity index (χ4n) is 2.33. The van der Waals surface area contributed by atoms with E-state index >= 15 is 0 Å². The Morgan fingerprint density at radius 2 is 1.63 bits per heavy atom. The van der Waals surface area contributed by atoms with E-state index in [1.54, 1.807) is 0 Å². The summed E-state index contributed by atoms with van der Waals surface area (Å²) >= 11 is 0. The van der Waals surface area contributed by atoms with Gasteiger partial charge in [-0.25, -0.2) is 9.59 Å². The normalized spacial score (nSPS) is 17.9. The van der Waals surface area contributed by atoms with Crippen LogP contribution in [0, 0.1) is 0 Å². The van der Waals surface area contributed by atoms with Crippen molar-refractivity contribution in [2.75, 3.05) is 13.1 Å². The second-order valence-electron chi connectivity index (χ2n) is 4.65. The second-order valence-corrected chi connectivity index (χ2v) is 4.65. The number of hydrogen-bond acceptors (Lipinski definition) is 4. The highest BCUT2D eigenvalue weighted by molar-refractivity contribution is 6.01. The average molecular weight is 265 g/mol. The van der Waals surface area contributed by atoms with Crippen molar-refractivity contribution >= 4 is 11.9 Å². The van der Waals surface area contributed by atoms with Crippen molar-refractivity contribution in [3.63, 3.8) is 0 Å². The Labute approximate surface area is 109 Å². The van der Waals surface area contributed by atoms with Gasteiger partial charge in [-0.05, 0) is 43.6 Å². The molecule has 4 N–H and O–H groups in total. The number of carboxylic acid groups (broad SMARTS) is 2. The molecule has 0 radical (unpaired) electrons. The summed E-state index contributed by atoms with van der Waals surface area (Å²) in [6.45, 7) is 1.28. The summed E-state index contributed by atoms with van der Waals surface area (Å²) in [5.41, 5.74) is -1.20. The molecule has 0 spiro atoms. The summed E-state index contributed by atoms with van der Waals surface area (Å²) < 4.78 is 0. The third-order valence-corrected chi connectivity index (χ3v) is 3.45. The molecule has 1 aliphatic heterocycles. The molecule has 1 aromatic carbocycles. The first-order valence-electron chi connectivity index (χ1n) is 5.98. The molecule has 2 rings (SSSR count). The standard InChI is InChI=1S/C13H15NO5/c15-11(16)9-2-1-8(7-10(9)12(17)18)13(19)3-5-14-6-4-13/h1-2,7,14,19H,3-6H2,(H,15,16)(H,17,18). The minimum atomic E-state index is -1.31. The van der Waals surface area contributed by atoms with E-state index in [2.05, 4.69) is 5.32 Å². The van der Waals surface area contributed by atoms with Crippen LogP contribution in [0.2, 0.25) is 0 Å². The minimum Gasteiger partial charge on any atom is -0.478 e. The molecule has 1 aromatic rings. The van der Waals surface area contributed by atoms with E-state index in [4.69, 9.17) is 10.2 Å². The zero-order chi connectivity index (χ0) is 14.0. The molecule has 0 unspecified atom stereocenters. The Morgan fingerprint density at radius 3 is 2.16 bits per heavy atom. The van der Waals surface area contributed by atoms with Crippen LogP contribution >= 0.6 is 0 Å². The predicted octanol–water partition coefficient (Wildman–Crippen LogP) is 0.654. The molecule has 0 atom stereocenters. The van der Waals surface area contributed by atoms with Crippen molar-refractivity contribution in [3.05, 3.63) is 34.9 Å². The molecule has 102 valence electrons. The molecular formula is C13H15NO5. The van der Waals surface area contributed by atoms with Crippen molar-refractivity contribution in [3.8, 4) is 0 Å². The topological polar surface area (TPSA) is 107 Å². The fraction of sp³-hybridized carbons (Fsp3) is 0.385. The quantitative estimate of drug-likeness (QED) is 0.639. The molecule has 0 saturated carbocycles. The van der Waals surface area contributed by atoms with Crippen molar-refractivity contribution < 1.29 is 24.9 Å². The number of carbonyl (C=O) groups is 2. The molecule has 0 aromatic heterocycles. The predicted molar refractivity (Wildman–Crippen MR) is 66.4 cm³/mol. The highest BCUT2D eigenvalue weighted by Crippen LogP contribution is 2.31. The Balaban J connectivity index is 2.45. The maximum absolute atomic E-state index is 11.1. The van der Waals surface area contributed by atoms with E-state index in [9.17, 15) is 14.7 Å². The summed E-state index contributed by atoms with van der Waals surface area (Å²) in [6.07, 6.45) is 0.941. The van der Waals surface area contributed by atoms with E-state index in [0.29, 0.717) is 31.5 Å². The van der Waals surface area contributed by atoms with Crippen molar-refractivity contribution in [1.82, 2.24) is 5.32 Å². The van der Waals surface area contributed by atoms with Crippen LogP contribution < -0.4 is 5.32 Å². The lowest BCUT2D eigenvalue weighted by atomic mass is 9.83. The number of rotatable bonds is 3. The smallest absolute Gasteiger partial charge is 0.336 e. The molecule has 1 aliphatic rings. The molecule has 1 saturated heterocycles. The van der Waals surface area contributed by atoms with E-state index in [-0.39, 0.29) is 11.1 Å². The minimum absolute atomic E-state index is 0.270. The van der Waals surface area contributed by atoms with Gasteiger partial charge < -0.3 is 20.6 Å². The van der Waals surface area contributed by atoms with E-state index in [1.807, 2.05) is 0 Å². The molecule has 6 heteroatoms. The fourth-order valence-corrected chi connectivity index (χ4v) is 2.33. The molecule has 19 heavy (non-hydrogen) atoms. The maximum Gasteiger partial charge on any atom is 0.336 e. The third-order valence-electron chi connectivity index (χ3n) is 3.45. The van der Waals surface area contributed by atoms with Gasteiger partial charge in [-0.2, -0.15) is 0 Å². The molecule has 0 bridgehead atoms. The first-order chi connectivity index (χ1) is 8.94. The van der Waals surface area contributed by atoms with Gasteiger partial charge in [-0.15, -0.1) is 0 Å². The number of carboxylic acids is 2. The highest BCUT2D eigenvalue weighted by Gasteiger charge is 2.32. The SMILES string of the molecule is O=C(O)c1ccc(C2(O)CCNCC2)cc1C(=O)O. The lowest BCUT2D eigenvalue weighted by molar-refractivity contribution is 0.00582. The van der Waals surface area contributed by atoms with Gasteiger partial charge in [0.15, 0.2) is 0 Å². The monoisotopic (exact) mass is 265 g/mol. The number of piperidine rings is 1. The van der Waals surface area contributed by atoms with Gasteiger partial charge in [0.25, 0.3) is 0 Å². The Morgan fingerprint density at radius 1 is 1.05 bits per heavy atom. The number of aromatic carboxylic acids is 2. The van der Waals surface area contributed by atoms with Gasteiger partial charge in [-0.1, -0.05) is 6.07 Å². The van der Waals surface area contributed by atoms with Gasteiger partial charge in [0.2, 0.25) is 0 Å². The number of nitrogens with one attached hydrogen (secondary N) is 1. The summed E-state index contributed by atoms with van der Waals surface area (Å²) in [6, 6.07) is 3.99. The first-order valence-corrected chi connectivity index (χ1v) is 5.98. The number of aliphatic hydroxyl groups is 1. The zero-order valence-corrected chi connectivity index (χ0v) is 10.2. The average Bonchev–Trinajstić information content (AvgIpc) is 2.38. The maximum atomic E-state index is 11.1. The first kappa shape index (κ1) is 13.5. The lowest BCUT2D eigenvalue weighted by Crippen LogP contribution is -2.39. The van der Waals surface area contributed by atoms with Gasteiger partial charge in [-0.3, -0.25) is 0 Å². The van der Waals surface area contributed by atoms with Crippen molar-refractivity contribution in [2.24, 2.45) is 0 Å². The van der Waals surface area contributed by atoms with Crippen LogP contribution in [0.5, 0.6) is 0 Å². The van der Waals surface area contributed by atoms with E-state index < -0.39 is 17.5 Å². The van der Waals surface area contributed by atoms with Gasteiger partial charge in [0.05, 0.1) is 16.7 Å². The van der Waals surface area contributed by atoms with Crippen LogP contribution in [-0.4, -0.2) is 40.3 Å². The van der Waals surface area contributed by atoms with Gasteiger partial charge in [0.1, 0.15) is 0 Å². The molecule has 0 amide bonds. The molecule has 6 nitrogen and oxygen atoms in total.